The lowest BCUT2D eigenvalue weighted by molar-refractivity contribution is 0.859. The van der Waals surface area contributed by atoms with Crippen LogP contribution in [0.1, 0.15) is 50.7 Å². The molecule has 1 aromatic carbocycles. The number of nitrogens with zero attached hydrogens (tertiary/aromatic N) is 1. The summed E-state index contributed by atoms with van der Waals surface area (Å²) in [5, 5.41) is 2.60. The van der Waals surface area contributed by atoms with Crippen LogP contribution >= 0.6 is 0 Å². The third-order valence-electron chi connectivity index (χ3n) is 3.10. The number of rotatable bonds is 2. The molecule has 0 spiro atoms. The Bertz CT molecular complexity index is 498. The van der Waals surface area contributed by atoms with E-state index in [0.29, 0.717) is 11.8 Å². The second-order valence-electron chi connectivity index (χ2n) is 5.02. The molecule has 0 saturated heterocycles. The summed E-state index contributed by atoms with van der Waals surface area (Å²) in [4.78, 5) is 4.31. The van der Waals surface area contributed by atoms with Crippen LogP contribution in [-0.4, -0.2) is 4.98 Å². The van der Waals surface area contributed by atoms with Gasteiger partial charge in [0.25, 0.3) is 0 Å². The van der Waals surface area contributed by atoms with Crippen LogP contribution in [0.2, 0.25) is 0 Å². The molecule has 1 heteroatoms. The molecule has 2 aromatic rings. The summed E-state index contributed by atoms with van der Waals surface area (Å²) >= 11 is 0. The Morgan fingerprint density at radius 1 is 0.938 bits per heavy atom. The SMILES string of the molecule is CC(C)c1ccc2cncc(C(C)C)c2c1. The molecule has 0 radical (unpaired) electrons. The van der Waals surface area contributed by atoms with Gasteiger partial charge in [-0.2, -0.15) is 0 Å². The number of benzene rings is 1. The van der Waals surface area contributed by atoms with Crippen LogP contribution in [0.3, 0.4) is 0 Å². The Kier molecular flexibility index (Phi) is 2.95. The first-order chi connectivity index (χ1) is 7.59. The summed E-state index contributed by atoms with van der Waals surface area (Å²) in [6.07, 6.45) is 3.95. The van der Waals surface area contributed by atoms with Gasteiger partial charge in [-0.3, -0.25) is 4.98 Å². The Morgan fingerprint density at radius 3 is 2.31 bits per heavy atom. The second-order valence-corrected chi connectivity index (χ2v) is 5.02. The fourth-order valence-electron chi connectivity index (χ4n) is 2.02. The van der Waals surface area contributed by atoms with Crippen molar-refractivity contribution in [1.82, 2.24) is 4.98 Å². The zero-order chi connectivity index (χ0) is 11.7. The maximum absolute atomic E-state index is 4.31. The van der Waals surface area contributed by atoms with E-state index in [1.807, 2.05) is 12.4 Å². The van der Waals surface area contributed by atoms with Gasteiger partial charge >= 0.3 is 0 Å². The van der Waals surface area contributed by atoms with Crippen molar-refractivity contribution in [3.8, 4) is 0 Å². The van der Waals surface area contributed by atoms with Gasteiger partial charge in [0.1, 0.15) is 0 Å². The van der Waals surface area contributed by atoms with Gasteiger partial charge in [-0.1, -0.05) is 45.9 Å². The highest BCUT2D eigenvalue weighted by Gasteiger charge is 2.07. The van der Waals surface area contributed by atoms with Crippen molar-refractivity contribution in [3.05, 3.63) is 41.7 Å². The van der Waals surface area contributed by atoms with Gasteiger partial charge in [0.15, 0.2) is 0 Å². The largest absolute Gasteiger partial charge is 0.264 e. The molecule has 0 aliphatic heterocycles. The van der Waals surface area contributed by atoms with Crippen molar-refractivity contribution in [3.63, 3.8) is 0 Å². The van der Waals surface area contributed by atoms with E-state index in [9.17, 15) is 0 Å². The van der Waals surface area contributed by atoms with E-state index < -0.39 is 0 Å². The van der Waals surface area contributed by atoms with Crippen molar-refractivity contribution in [2.75, 3.05) is 0 Å². The zero-order valence-corrected chi connectivity index (χ0v) is 10.5. The molecule has 0 fully saturated rings. The van der Waals surface area contributed by atoms with Gasteiger partial charge in [0.05, 0.1) is 0 Å². The number of hydrogen-bond acceptors (Lipinski definition) is 1. The van der Waals surface area contributed by atoms with Crippen LogP contribution in [0.5, 0.6) is 0 Å². The maximum Gasteiger partial charge on any atom is 0.0346 e. The molecule has 84 valence electrons. The first-order valence-electron chi connectivity index (χ1n) is 5.97. The average Bonchev–Trinajstić information content (AvgIpc) is 2.27. The minimum Gasteiger partial charge on any atom is -0.264 e. The molecule has 1 nitrogen and oxygen atoms in total. The molecule has 0 bridgehead atoms. The summed E-state index contributed by atoms with van der Waals surface area (Å²) in [6, 6.07) is 6.71. The van der Waals surface area contributed by atoms with Crippen molar-refractivity contribution >= 4 is 10.8 Å². The second kappa shape index (κ2) is 4.25. The molecule has 2 rings (SSSR count). The Balaban J connectivity index is 2.68. The van der Waals surface area contributed by atoms with E-state index in [1.54, 1.807) is 0 Å². The minimum atomic E-state index is 0.526. The summed E-state index contributed by atoms with van der Waals surface area (Å²) in [5.74, 6) is 1.11. The normalized spacial score (nSPS) is 11.6. The van der Waals surface area contributed by atoms with E-state index in [-0.39, 0.29) is 0 Å². The number of hydrogen-bond donors (Lipinski definition) is 0. The monoisotopic (exact) mass is 213 g/mol. The summed E-state index contributed by atoms with van der Waals surface area (Å²) in [7, 11) is 0. The molecule has 0 saturated carbocycles. The summed E-state index contributed by atoms with van der Waals surface area (Å²) < 4.78 is 0. The molecule has 1 heterocycles. The highest BCUT2D eigenvalue weighted by Crippen LogP contribution is 2.27. The number of fused-ring (bicyclic) bond motifs is 1. The van der Waals surface area contributed by atoms with Crippen molar-refractivity contribution in [2.45, 2.75) is 39.5 Å². The predicted octanol–water partition coefficient (Wildman–Crippen LogP) is 4.48. The van der Waals surface area contributed by atoms with Crippen LogP contribution in [0.4, 0.5) is 0 Å². The van der Waals surface area contributed by atoms with Crippen molar-refractivity contribution in [1.29, 1.82) is 0 Å². The minimum absolute atomic E-state index is 0.526. The van der Waals surface area contributed by atoms with Gasteiger partial charge in [-0.15, -0.1) is 0 Å². The van der Waals surface area contributed by atoms with Gasteiger partial charge < -0.3 is 0 Å². The molecule has 0 aliphatic rings. The fraction of sp³-hybridized carbons (Fsp3) is 0.400. The average molecular weight is 213 g/mol. The third-order valence-corrected chi connectivity index (χ3v) is 3.10. The fourth-order valence-corrected chi connectivity index (χ4v) is 2.02. The first kappa shape index (κ1) is 11.1. The zero-order valence-electron chi connectivity index (χ0n) is 10.5. The van der Waals surface area contributed by atoms with Crippen molar-refractivity contribution in [2.24, 2.45) is 0 Å². The van der Waals surface area contributed by atoms with Crippen LogP contribution in [0.25, 0.3) is 10.8 Å². The van der Waals surface area contributed by atoms with E-state index in [0.717, 1.165) is 0 Å². The molecule has 16 heavy (non-hydrogen) atoms. The van der Waals surface area contributed by atoms with E-state index in [4.69, 9.17) is 0 Å². The maximum atomic E-state index is 4.31. The molecule has 0 atom stereocenters. The summed E-state index contributed by atoms with van der Waals surface area (Å²) in [5.41, 5.74) is 2.75. The van der Waals surface area contributed by atoms with Crippen LogP contribution in [0.15, 0.2) is 30.6 Å². The third kappa shape index (κ3) is 1.95. The Morgan fingerprint density at radius 2 is 1.69 bits per heavy atom. The van der Waals surface area contributed by atoms with Crippen LogP contribution in [-0.2, 0) is 0 Å². The lowest BCUT2D eigenvalue weighted by Crippen LogP contribution is -1.93. The molecule has 0 unspecified atom stereocenters. The molecule has 0 N–H and O–H groups in total. The van der Waals surface area contributed by atoms with Gasteiger partial charge in [0.2, 0.25) is 0 Å². The topological polar surface area (TPSA) is 12.9 Å². The highest BCUT2D eigenvalue weighted by molar-refractivity contribution is 5.85. The Labute approximate surface area is 97.5 Å². The summed E-state index contributed by atoms with van der Waals surface area (Å²) in [6.45, 7) is 8.91. The van der Waals surface area contributed by atoms with Gasteiger partial charge in [-0.25, -0.2) is 0 Å². The first-order valence-corrected chi connectivity index (χ1v) is 5.97. The van der Waals surface area contributed by atoms with E-state index >= 15 is 0 Å². The van der Waals surface area contributed by atoms with Crippen LogP contribution in [0, 0.1) is 0 Å². The van der Waals surface area contributed by atoms with E-state index in [2.05, 4.69) is 50.9 Å². The van der Waals surface area contributed by atoms with Crippen LogP contribution < -0.4 is 0 Å². The molecule has 1 aromatic heterocycles. The van der Waals surface area contributed by atoms with Gasteiger partial charge in [0, 0.05) is 17.8 Å². The number of aromatic nitrogens is 1. The predicted molar refractivity (Wildman–Crippen MR) is 69.9 cm³/mol. The Hall–Kier alpha value is -1.37. The lowest BCUT2D eigenvalue weighted by Gasteiger charge is -2.12. The lowest BCUT2D eigenvalue weighted by atomic mass is 9.94. The smallest absolute Gasteiger partial charge is 0.0346 e. The molecular formula is C15H19N. The number of pyridine rings is 1. The highest BCUT2D eigenvalue weighted by atomic mass is 14.6. The standard InChI is InChI=1S/C15H19N/c1-10(2)12-5-6-13-8-16-9-15(11(3)4)14(13)7-12/h5-11H,1-4H3. The van der Waals surface area contributed by atoms with Crippen molar-refractivity contribution < 1.29 is 0 Å². The molecular weight excluding hydrogens is 194 g/mol. The quantitative estimate of drug-likeness (QED) is 0.716. The van der Waals surface area contributed by atoms with E-state index in [1.165, 1.54) is 21.9 Å². The molecule has 0 amide bonds. The molecule has 0 aliphatic carbocycles. The van der Waals surface area contributed by atoms with Gasteiger partial charge in [-0.05, 0) is 28.3 Å².